The van der Waals surface area contributed by atoms with Gasteiger partial charge in [-0.05, 0) is 25.3 Å². The van der Waals surface area contributed by atoms with E-state index in [0.717, 1.165) is 44.4 Å². The first-order valence-electron chi connectivity index (χ1n) is 5.24. The second-order valence-corrected chi connectivity index (χ2v) is 4.10. The van der Waals surface area contributed by atoms with Gasteiger partial charge in [0.15, 0.2) is 0 Å². The normalized spacial score (nSPS) is 24.9. The minimum Gasteiger partial charge on any atom is -0.380 e. The van der Waals surface area contributed by atoms with Gasteiger partial charge in [0.1, 0.15) is 0 Å². The van der Waals surface area contributed by atoms with Crippen molar-refractivity contribution in [1.29, 1.82) is 0 Å². The summed E-state index contributed by atoms with van der Waals surface area (Å²) in [5.41, 5.74) is 0. The van der Waals surface area contributed by atoms with Crippen molar-refractivity contribution in [2.75, 3.05) is 25.6 Å². The maximum Gasteiger partial charge on any atom is 0.0620 e. The van der Waals surface area contributed by atoms with Gasteiger partial charge in [-0.25, -0.2) is 0 Å². The number of hydrogen-bond acceptors (Lipinski definition) is 2. The highest BCUT2D eigenvalue weighted by atomic mass is 35.5. The molecule has 1 aliphatic rings. The minimum absolute atomic E-state index is 0.587. The van der Waals surface area contributed by atoms with Crippen molar-refractivity contribution in [3.8, 4) is 0 Å². The van der Waals surface area contributed by atoms with E-state index in [2.05, 4.69) is 12.2 Å². The van der Waals surface area contributed by atoms with Gasteiger partial charge in [0.25, 0.3) is 0 Å². The van der Waals surface area contributed by atoms with Crippen molar-refractivity contribution >= 4 is 11.6 Å². The molecule has 0 aliphatic carbocycles. The van der Waals surface area contributed by atoms with Crippen molar-refractivity contribution in [3.63, 3.8) is 0 Å². The van der Waals surface area contributed by atoms with Crippen molar-refractivity contribution in [2.24, 2.45) is 5.92 Å². The van der Waals surface area contributed by atoms with E-state index in [4.69, 9.17) is 16.3 Å². The smallest absolute Gasteiger partial charge is 0.0620 e. The summed E-state index contributed by atoms with van der Waals surface area (Å²) in [6.07, 6.45) is 3.50. The number of rotatable bonds is 6. The summed E-state index contributed by atoms with van der Waals surface area (Å²) < 4.78 is 5.29. The summed E-state index contributed by atoms with van der Waals surface area (Å²) in [5.74, 6) is 1.51. The highest BCUT2D eigenvalue weighted by Crippen LogP contribution is 2.10. The van der Waals surface area contributed by atoms with Gasteiger partial charge in [0, 0.05) is 18.5 Å². The van der Waals surface area contributed by atoms with Gasteiger partial charge in [0.05, 0.1) is 6.61 Å². The van der Waals surface area contributed by atoms with Crippen LogP contribution in [0.25, 0.3) is 0 Å². The lowest BCUT2D eigenvalue weighted by Crippen LogP contribution is -2.33. The topological polar surface area (TPSA) is 21.3 Å². The van der Waals surface area contributed by atoms with Crippen LogP contribution in [0.3, 0.4) is 0 Å². The fourth-order valence-corrected chi connectivity index (χ4v) is 1.94. The molecule has 1 rings (SSSR count). The van der Waals surface area contributed by atoms with Crippen LogP contribution in [0, 0.1) is 5.92 Å². The van der Waals surface area contributed by atoms with Crippen molar-refractivity contribution in [2.45, 2.75) is 32.2 Å². The van der Waals surface area contributed by atoms with Gasteiger partial charge >= 0.3 is 0 Å². The Kier molecular flexibility index (Phi) is 5.76. The number of halogens is 1. The van der Waals surface area contributed by atoms with Crippen molar-refractivity contribution in [1.82, 2.24) is 5.32 Å². The van der Waals surface area contributed by atoms with Crippen molar-refractivity contribution in [3.05, 3.63) is 0 Å². The molecule has 1 aliphatic heterocycles. The molecule has 0 aromatic rings. The highest BCUT2D eigenvalue weighted by molar-refractivity contribution is 6.17. The summed E-state index contributed by atoms with van der Waals surface area (Å²) >= 11 is 5.72. The van der Waals surface area contributed by atoms with Crippen LogP contribution in [-0.2, 0) is 4.74 Å². The van der Waals surface area contributed by atoms with Gasteiger partial charge in [0.2, 0.25) is 0 Å². The molecule has 0 spiro atoms. The lowest BCUT2D eigenvalue weighted by Gasteiger charge is -2.17. The maximum absolute atomic E-state index is 5.72. The van der Waals surface area contributed by atoms with E-state index in [1.165, 1.54) is 6.42 Å². The second kappa shape index (κ2) is 6.63. The SMILES string of the molecule is CCC(CCCl)CNC1CCOC1. The zero-order valence-electron chi connectivity index (χ0n) is 8.39. The molecule has 1 fully saturated rings. The summed E-state index contributed by atoms with van der Waals surface area (Å²) in [5, 5.41) is 3.53. The van der Waals surface area contributed by atoms with Crippen LogP contribution in [-0.4, -0.2) is 31.7 Å². The molecule has 78 valence electrons. The Morgan fingerprint density at radius 1 is 1.62 bits per heavy atom. The van der Waals surface area contributed by atoms with Gasteiger partial charge in [-0.3, -0.25) is 0 Å². The van der Waals surface area contributed by atoms with Crippen LogP contribution in [0.2, 0.25) is 0 Å². The van der Waals surface area contributed by atoms with E-state index in [-0.39, 0.29) is 0 Å². The summed E-state index contributed by atoms with van der Waals surface area (Å²) in [4.78, 5) is 0. The predicted octanol–water partition coefficient (Wildman–Crippen LogP) is 2.02. The molecule has 0 saturated carbocycles. The van der Waals surface area contributed by atoms with E-state index in [9.17, 15) is 0 Å². The van der Waals surface area contributed by atoms with E-state index in [0.29, 0.717) is 6.04 Å². The third-order valence-electron chi connectivity index (χ3n) is 2.72. The average Bonchev–Trinajstić information content (AvgIpc) is 2.64. The summed E-state index contributed by atoms with van der Waals surface area (Å²) in [7, 11) is 0. The second-order valence-electron chi connectivity index (χ2n) is 3.72. The molecule has 0 aromatic heterocycles. The Labute approximate surface area is 86.0 Å². The van der Waals surface area contributed by atoms with E-state index < -0.39 is 0 Å². The van der Waals surface area contributed by atoms with E-state index >= 15 is 0 Å². The molecule has 2 unspecified atom stereocenters. The van der Waals surface area contributed by atoms with E-state index in [1.54, 1.807) is 0 Å². The quantitative estimate of drug-likeness (QED) is 0.670. The standard InChI is InChI=1S/C10H20ClNO/c1-2-9(3-5-11)7-12-10-4-6-13-8-10/h9-10,12H,2-8H2,1H3. The van der Waals surface area contributed by atoms with Gasteiger partial charge in [-0.2, -0.15) is 0 Å². The van der Waals surface area contributed by atoms with Gasteiger partial charge in [-0.15, -0.1) is 11.6 Å². The van der Waals surface area contributed by atoms with Gasteiger partial charge < -0.3 is 10.1 Å². The first kappa shape index (κ1) is 11.3. The molecule has 13 heavy (non-hydrogen) atoms. The number of alkyl halides is 1. The lowest BCUT2D eigenvalue weighted by molar-refractivity contribution is 0.189. The molecule has 1 heterocycles. The highest BCUT2D eigenvalue weighted by Gasteiger charge is 2.16. The molecular formula is C10H20ClNO. The molecule has 1 N–H and O–H groups in total. The predicted molar refractivity (Wildman–Crippen MR) is 56.3 cm³/mol. The Morgan fingerprint density at radius 3 is 3.00 bits per heavy atom. The van der Waals surface area contributed by atoms with Gasteiger partial charge in [-0.1, -0.05) is 13.3 Å². The van der Waals surface area contributed by atoms with Crippen LogP contribution in [0.4, 0.5) is 0 Å². The van der Waals surface area contributed by atoms with Crippen LogP contribution >= 0.6 is 11.6 Å². The van der Waals surface area contributed by atoms with Crippen LogP contribution in [0.5, 0.6) is 0 Å². The Hall–Kier alpha value is 0.210. The van der Waals surface area contributed by atoms with Crippen LogP contribution in [0.1, 0.15) is 26.2 Å². The molecule has 2 nitrogen and oxygen atoms in total. The molecule has 1 saturated heterocycles. The lowest BCUT2D eigenvalue weighted by atomic mass is 10.0. The third-order valence-corrected chi connectivity index (χ3v) is 2.94. The molecule has 0 aromatic carbocycles. The van der Waals surface area contributed by atoms with Crippen molar-refractivity contribution < 1.29 is 4.74 Å². The number of ether oxygens (including phenoxy) is 1. The fourth-order valence-electron chi connectivity index (χ4n) is 1.63. The summed E-state index contributed by atoms with van der Waals surface area (Å²) in [6, 6.07) is 0.587. The first-order chi connectivity index (χ1) is 6.36. The number of hydrogen-bond donors (Lipinski definition) is 1. The zero-order valence-corrected chi connectivity index (χ0v) is 9.15. The molecule has 3 heteroatoms. The zero-order chi connectivity index (χ0) is 9.52. The Bertz CT molecular complexity index is 126. The molecule has 0 radical (unpaired) electrons. The van der Waals surface area contributed by atoms with Crippen LogP contribution in [0.15, 0.2) is 0 Å². The first-order valence-corrected chi connectivity index (χ1v) is 5.77. The fraction of sp³-hybridized carbons (Fsp3) is 1.00. The Balaban J connectivity index is 2.07. The van der Waals surface area contributed by atoms with Crippen LogP contribution < -0.4 is 5.32 Å². The van der Waals surface area contributed by atoms with E-state index in [1.807, 2.05) is 0 Å². The summed E-state index contributed by atoms with van der Waals surface area (Å²) in [6.45, 7) is 5.13. The third kappa shape index (κ3) is 4.30. The molecule has 2 atom stereocenters. The number of nitrogens with one attached hydrogen (secondary N) is 1. The molecule has 0 bridgehead atoms. The average molecular weight is 206 g/mol. The monoisotopic (exact) mass is 205 g/mol. The maximum atomic E-state index is 5.72. The Morgan fingerprint density at radius 2 is 2.46 bits per heavy atom. The molecule has 0 amide bonds. The molecular weight excluding hydrogens is 186 g/mol. The largest absolute Gasteiger partial charge is 0.380 e. The minimum atomic E-state index is 0.587.